The van der Waals surface area contributed by atoms with Gasteiger partial charge in [0.15, 0.2) is 11.6 Å². The lowest BCUT2D eigenvalue weighted by Crippen LogP contribution is -2.43. The molecule has 1 aromatic carbocycles. The minimum atomic E-state index is 0.302. The van der Waals surface area contributed by atoms with Crippen LogP contribution >= 0.6 is 0 Å². The lowest BCUT2D eigenvalue weighted by molar-refractivity contribution is 0.0303. The first kappa shape index (κ1) is 19.8. The molecular weight excluding hydrogens is 414 g/mol. The highest BCUT2D eigenvalue weighted by Gasteiger charge is 2.35. The molecule has 8 nitrogen and oxygen atoms in total. The summed E-state index contributed by atoms with van der Waals surface area (Å²) in [5, 5.41) is 11.3. The van der Waals surface area contributed by atoms with Gasteiger partial charge in [0.25, 0.3) is 0 Å². The Kier molecular flexibility index (Phi) is 4.92. The summed E-state index contributed by atoms with van der Waals surface area (Å²) >= 11 is 0. The predicted molar refractivity (Wildman–Crippen MR) is 129 cm³/mol. The zero-order valence-electron chi connectivity index (χ0n) is 18.2. The van der Waals surface area contributed by atoms with Gasteiger partial charge >= 0.3 is 0 Å². The van der Waals surface area contributed by atoms with E-state index in [4.69, 9.17) is 14.8 Å². The van der Waals surface area contributed by atoms with Crippen LogP contribution in [0.15, 0.2) is 79.5 Å². The number of pyridine rings is 1. The molecule has 6 rings (SSSR count). The lowest BCUT2D eigenvalue weighted by atomic mass is 10.2. The zero-order valence-corrected chi connectivity index (χ0v) is 18.2. The van der Waals surface area contributed by atoms with Crippen molar-refractivity contribution in [1.29, 1.82) is 0 Å². The minimum Gasteiger partial charge on any atom is -0.371 e. The highest BCUT2D eigenvalue weighted by Crippen LogP contribution is 2.32. The number of ether oxygens (including phenoxy) is 1. The molecule has 2 atom stereocenters. The van der Waals surface area contributed by atoms with Crippen LogP contribution in [0.4, 0.5) is 17.2 Å². The van der Waals surface area contributed by atoms with Crippen molar-refractivity contribution in [3.05, 3.63) is 79.5 Å². The van der Waals surface area contributed by atoms with E-state index >= 15 is 0 Å². The van der Waals surface area contributed by atoms with Gasteiger partial charge in [-0.2, -0.15) is 0 Å². The summed E-state index contributed by atoms with van der Waals surface area (Å²) < 4.78 is 7.94. The average molecular weight is 440 g/mol. The van der Waals surface area contributed by atoms with Gasteiger partial charge in [0, 0.05) is 48.6 Å². The maximum atomic E-state index is 6.03. The summed E-state index contributed by atoms with van der Waals surface area (Å²) in [6, 6.07) is 15.9. The quantitative estimate of drug-likeness (QED) is 0.467. The van der Waals surface area contributed by atoms with E-state index in [0.717, 1.165) is 54.2 Å². The second-order valence-corrected chi connectivity index (χ2v) is 8.50. The van der Waals surface area contributed by atoms with E-state index in [1.807, 2.05) is 53.2 Å². The van der Waals surface area contributed by atoms with Crippen molar-refractivity contribution in [3.8, 4) is 11.4 Å². The summed E-state index contributed by atoms with van der Waals surface area (Å²) in [4.78, 5) is 11.4. The summed E-state index contributed by atoms with van der Waals surface area (Å²) in [5.41, 5.74) is 3.84. The van der Waals surface area contributed by atoms with Crippen LogP contribution in [0.25, 0.3) is 16.9 Å². The predicted octanol–water partition coefficient (Wildman–Crippen LogP) is 4.15. The van der Waals surface area contributed by atoms with E-state index in [1.165, 1.54) is 0 Å². The molecule has 2 N–H and O–H groups in total. The van der Waals surface area contributed by atoms with Crippen LogP contribution in [-0.4, -0.2) is 44.9 Å². The van der Waals surface area contributed by atoms with Crippen molar-refractivity contribution in [2.45, 2.75) is 25.0 Å². The maximum Gasteiger partial charge on any atom is 0.182 e. The lowest BCUT2D eigenvalue weighted by Gasteiger charge is -2.33. The number of morpholine rings is 1. The van der Waals surface area contributed by atoms with E-state index in [9.17, 15) is 0 Å². The Morgan fingerprint density at radius 2 is 1.64 bits per heavy atom. The first-order chi connectivity index (χ1) is 16.2. The molecule has 3 aromatic heterocycles. The summed E-state index contributed by atoms with van der Waals surface area (Å²) in [7, 11) is 0. The van der Waals surface area contributed by atoms with Gasteiger partial charge in [-0.25, -0.2) is 9.50 Å². The Hall–Kier alpha value is -3.91. The molecule has 5 heterocycles. The Labute approximate surface area is 191 Å². The number of hydrogen-bond donors (Lipinski definition) is 2. The number of aromatic nitrogens is 4. The Morgan fingerprint density at radius 1 is 0.939 bits per heavy atom. The molecule has 2 fully saturated rings. The maximum absolute atomic E-state index is 6.03. The highest BCUT2D eigenvalue weighted by molar-refractivity contribution is 5.72. The van der Waals surface area contributed by atoms with Crippen LogP contribution in [0, 0.1) is 0 Å². The average Bonchev–Trinajstić information content (AvgIpc) is 3.45. The van der Waals surface area contributed by atoms with Gasteiger partial charge < -0.3 is 20.3 Å². The Morgan fingerprint density at radius 3 is 2.36 bits per heavy atom. The second-order valence-electron chi connectivity index (χ2n) is 8.50. The topological polar surface area (TPSA) is 79.6 Å². The third-order valence-corrected chi connectivity index (χ3v) is 6.13. The van der Waals surface area contributed by atoms with Crippen LogP contribution in [0.1, 0.15) is 12.8 Å². The molecule has 0 radical (unpaired) electrons. The molecule has 2 bridgehead atoms. The third-order valence-electron chi connectivity index (χ3n) is 6.13. The summed E-state index contributed by atoms with van der Waals surface area (Å²) in [5.74, 6) is 2.36. The van der Waals surface area contributed by atoms with Crippen molar-refractivity contribution < 1.29 is 4.74 Å². The van der Waals surface area contributed by atoms with Crippen molar-refractivity contribution in [2.75, 3.05) is 28.6 Å². The number of anilines is 3. The van der Waals surface area contributed by atoms with Gasteiger partial charge in [-0.1, -0.05) is 6.58 Å². The van der Waals surface area contributed by atoms with E-state index < -0.39 is 0 Å². The molecule has 8 heteroatoms. The van der Waals surface area contributed by atoms with E-state index in [0.29, 0.717) is 23.9 Å². The molecule has 0 spiro atoms. The van der Waals surface area contributed by atoms with Gasteiger partial charge in [-0.15, -0.1) is 5.10 Å². The normalized spacial score (nSPS) is 19.6. The monoisotopic (exact) mass is 439 g/mol. The van der Waals surface area contributed by atoms with Crippen molar-refractivity contribution in [2.24, 2.45) is 0 Å². The molecule has 166 valence electrons. The van der Waals surface area contributed by atoms with Crippen LogP contribution in [0.5, 0.6) is 0 Å². The second kappa shape index (κ2) is 8.22. The molecule has 4 aromatic rings. The van der Waals surface area contributed by atoms with E-state index in [2.05, 4.69) is 33.2 Å². The number of benzene rings is 1. The number of rotatable bonds is 6. The van der Waals surface area contributed by atoms with Crippen LogP contribution in [-0.2, 0) is 4.74 Å². The smallest absolute Gasteiger partial charge is 0.182 e. The Balaban J connectivity index is 1.23. The number of nitrogens with zero attached hydrogens (tertiary/aromatic N) is 5. The number of hydrogen-bond acceptors (Lipinski definition) is 7. The molecule has 2 aliphatic heterocycles. The van der Waals surface area contributed by atoms with Crippen molar-refractivity contribution in [1.82, 2.24) is 19.6 Å². The molecule has 0 saturated carbocycles. The zero-order chi connectivity index (χ0) is 22.2. The van der Waals surface area contributed by atoms with Gasteiger partial charge in [0.2, 0.25) is 0 Å². The fourth-order valence-corrected chi connectivity index (χ4v) is 4.58. The molecule has 33 heavy (non-hydrogen) atoms. The molecule has 0 aliphatic carbocycles. The van der Waals surface area contributed by atoms with Gasteiger partial charge in [-0.3, -0.25) is 4.98 Å². The Bertz CT molecular complexity index is 1270. The van der Waals surface area contributed by atoms with Crippen LogP contribution in [0.3, 0.4) is 0 Å². The molecular formula is C25H25N7O. The summed E-state index contributed by atoms with van der Waals surface area (Å²) in [6.45, 7) is 5.80. The fraction of sp³-hybridized carbons (Fsp3) is 0.240. The van der Waals surface area contributed by atoms with Gasteiger partial charge in [0.1, 0.15) is 11.3 Å². The SMILES string of the molecule is C=C(Nc1ccncc1)Nc1ccc(-c2nc(N3C[C@H]4CC[C@@H](C3)O4)c3cccn3n2)cc1. The highest BCUT2D eigenvalue weighted by atomic mass is 16.5. The fourth-order valence-electron chi connectivity index (χ4n) is 4.58. The van der Waals surface area contributed by atoms with Crippen LogP contribution in [0.2, 0.25) is 0 Å². The summed E-state index contributed by atoms with van der Waals surface area (Å²) in [6.07, 6.45) is 8.32. The first-order valence-electron chi connectivity index (χ1n) is 11.2. The third kappa shape index (κ3) is 4.01. The molecule has 2 saturated heterocycles. The number of fused-ring (bicyclic) bond motifs is 3. The first-order valence-corrected chi connectivity index (χ1v) is 11.2. The number of nitrogens with one attached hydrogen (secondary N) is 2. The van der Waals surface area contributed by atoms with E-state index in [1.54, 1.807) is 12.4 Å². The van der Waals surface area contributed by atoms with Crippen molar-refractivity contribution >= 4 is 22.7 Å². The molecule has 2 aliphatic rings. The van der Waals surface area contributed by atoms with Gasteiger partial charge in [0.05, 0.1) is 12.2 Å². The molecule has 0 unspecified atom stereocenters. The van der Waals surface area contributed by atoms with Gasteiger partial charge in [-0.05, 0) is 61.4 Å². The minimum absolute atomic E-state index is 0.302. The van der Waals surface area contributed by atoms with Crippen LogP contribution < -0.4 is 15.5 Å². The standard InChI is InChI=1S/C25H25N7O/c1-17(28-20-10-12-26-13-11-20)27-19-6-4-18(5-7-19)24-29-25(23-3-2-14-32(23)30-24)31-15-21-8-9-22(16-31)33-21/h2-7,10-14,21-22,27H,1,8-9,15-16H2,(H,26,28)/t21-,22+. The van der Waals surface area contributed by atoms with E-state index in [-0.39, 0.29) is 0 Å². The largest absolute Gasteiger partial charge is 0.371 e. The molecule has 0 amide bonds. The van der Waals surface area contributed by atoms with Crippen molar-refractivity contribution in [3.63, 3.8) is 0 Å².